The topological polar surface area (TPSA) is 135 Å². The number of morpholine rings is 2. The van der Waals surface area contributed by atoms with Crippen LogP contribution in [0.3, 0.4) is 0 Å². The fourth-order valence-electron chi connectivity index (χ4n) is 7.08. The number of hydrogen-bond donors (Lipinski definition) is 1. The molecule has 0 radical (unpaired) electrons. The molecule has 7 heterocycles. The van der Waals surface area contributed by atoms with Gasteiger partial charge in [0.25, 0.3) is 0 Å². The van der Waals surface area contributed by atoms with Crippen LogP contribution in [0.2, 0.25) is 0 Å². The van der Waals surface area contributed by atoms with E-state index in [4.69, 9.17) is 39.0 Å². The number of benzene rings is 1. The van der Waals surface area contributed by atoms with Crippen molar-refractivity contribution in [1.82, 2.24) is 24.6 Å². The molecule has 1 atom stereocenters. The molecule has 1 amide bonds. The highest BCUT2D eigenvalue weighted by atomic mass is 16.6. The zero-order chi connectivity index (χ0) is 33.2. The summed E-state index contributed by atoms with van der Waals surface area (Å²) in [5.41, 5.74) is 3.63. The summed E-state index contributed by atoms with van der Waals surface area (Å²) < 4.78 is 23.6. The first kappa shape index (κ1) is 31.8. The van der Waals surface area contributed by atoms with Gasteiger partial charge in [0.1, 0.15) is 24.1 Å². The average Bonchev–Trinajstić information content (AvgIpc) is 3.55. The number of amides is 1. The second kappa shape index (κ2) is 14.2. The maximum Gasteiger partial charge on any atom is 0.414 e. The molecule has 1 aromatic carbocycles. The third kappa shape index (κ3) is 6.62. The van der Waals surface area contributed by atoms with Crippen LogP contribution >= 0.6 is 0 Å². The van der Waals surface area contributed by atoms with Gasteiger partial charge in [0.2, 0.25) is 5.95 Å². The van der Waals surface area contributed by atoms with E-state index in [1.165, 1.54) is 6.42 Å². The number of carbonyl (C=O) groups is 1. The van der Waals surface area contributed by atoms with Gasteiger partial charge in [-0.15, -0.1) is 0 Å². The van der Waals surface area contributed by atoms with Crippen molar-refractivity contribution in [3.63, 3.8) is 0 Å². The molecule has 0 saturated carbocycles. The monoisotopic (exact) mass is 672 g/mol. The fourth-order valence-corrected chi connectivity index (χ4v) is 7.08. The predicted octanol–water partition coefficient (Wildman–Crippen LogP) is 3.48. The van der Waals surface area contributed by atoms with E-state index in [0.717, 1.165) is 110 Å². The number of nitrogens with zero attached hydrogens (tertiary/aromatic N) is 9. The van der Waals surface area contributed by atoms with Gasteiger partial charge < -0.3 is 38.5 Å². The molecule has 0 aliphatic carbocycles. The molecule has 8 rings (SSSR count). The molecule has 15 heteroatoms. The number of rotatable bonds is 9. The normalized spacial score (nSPS) is 20.1. The summed E-state index contributed by atoms with van der Waals surface area (Å²) in [4.78, 5) is 36.9. The summed E-state index contributed by atoms with van der Waals surface area (Å²) in [5.74, 6) is 3.00. The first-order valence-corrected chi connectivity index (χ1v) is 17.5. The van der Waals surface area contributed by atoms with Crippen LogP contribution < -0.4 is 24.9 Å². The molecule has 1 N–H and O–H groups in total. The lowest BCUT2D eigenvalue weighted by atomic mass is 9.98. The summed E-state index contributed by atoms with van der Waals surface area (Å²) in [6, 6.07) is 10.5. The number of anilines is 5. The molecule has 0 bridgehead atoms. The van der Waals surface area contributed by atoms with Crippen LogP contribution in [-0.2, 0) is 18.9 Å². The smallest absolute Gasteiger partial charge is 0.414 e. The van der Waals surface area contributed by atoms with Gasteiger partial charge in [-0.2, -0.15) is 14.6 Å². The average molecular weight is 673 g/mol. The van der Waals surface area contributed by atoms with Gasteiger partial charge in [0.15, 0.2) is 5.65 Å². The Hall–Kier alpha value is -4.47. The molecule has 4 aromatic rings. The van der Waals surface area contributed by atoms with E-state index < -0.39 is 6.09 Å². The van der Waals surface area contributed by atoms with Gasteiger partial charge in [0.05, 0.1) is 50.3 Å². The molecule has 260 valence electrons. The third-order valence-corrected chi connectivity index (χ3v) is 9.82. The van der Waals surface area contributed by atoms with Crippen LogP contribution in [0.4, 0.5) is 33.9 Å². The van der Waals surface area contributed by atoms with Crippen molar-refractivity contribution in [3.05, 3.63) is 36.0 Å². The summed E-state index contributed by atoms with van der Waals surface area (Å²) in [5, 5.41) is 8.94. The standard InChI is InChI=1S/C34H44N10O5/c1-46-19-20-49-34(45)38-33-35-26-7-6-24(40-11-15-47-16-12-40)21-25(26)32(37-33)43-10-3-2-5-28(43)27-22-30-36-29(41-8-4-9-41)23-31(44(30)39-27)42-13-17-48-18-14-42/h6-7,21-23,28H,2-5,8-20H2,1H3,(H,35,37,38,45). The molecule has 4 aliphatic heterocycles. The van der Waals surface area contributed by atoms with Crippen LogP contribution in [0.1, 0.15) is 37.4 Å². The van der Waals surface area contributed by atoms with E-state index in [-0.39, 0.29) is 18.6 Å². The molecule has 49 heavy (non-hydrogen) atoms. The number of hydrogen-bond acceptors (Lipinski definition) is 13. The van der Waals surface area contributed by atoms with E-state index in [0.29, 0.717) is 33.0 Å². The Morgan fingerprint density at radius 1 is 0.857 bits per heavy atom. The summed E-state index contributed by atoms with van der Waals surface area (Å²) in [7, 11) is 1.56. The van der Waals surface area contributed by atoms with Crippen molar-refractivity contribution in [2.45, 2.75) is 31.7 Å². The Kier molecular flexibility index (Phi) is 9.19. The number of nitrogens with one attached hydrogen (secondary N) is 1. The van der Waals surface area contributed by atoms with Gasteiger partial charge in [-0.1, -0.05) is 0 Å². The Labute approximate surface area is 285 Å². The van der Waals surface area contributed by atoms with Crippen molar-refractivity contribution < 1.29 is 23.7 Å². The summed E-state index contributed by atoms with van der Waals surface area (Å²) >= 11 is 0. The zero-order valence-corrected chi connectivity index (χ0v) is 28.1. The number of fused-ring (bicyclic) bond motifs is 2. The van der Waals surface area contributed by atoms with Crippen molar-refractivity contribution >= 4 is 51.7 Å². The maximum atomic E-state index is 12.7. The molecular formula is C34H44N10O5. The second-order valence-corrected chi connectivity index (χ2v) is 12.9. The maximum absolute atomic E-state index is 12.7. The van der Waals surface area contributed by atoms with Gasteiger partial charge in [-0.05, 0) is 43.9 Å². The van der Waals surface area contributed by atoms with E-state index in [1.807, 2.05) is 10.6 Å². The number of ether oxygens (including phenoxy) is 4. The number of aromatic nitrogens is 5. The van der Waals surface area contributed by atoms with Crippen molar-refractivity contribution in [2.75, 3.05) is 117 Å². The fraction of sp³-hybridized carbons (Fsp3) is 0.559. The van der Waals surface area contributed by atoms with E-state index >= 15 is 0 Å². The lowest BCUT2D eigenvalue weighted by molar-refractivity contribution is 0.107. The Morgan fingerprint density at radius 3 is 2.41 bits per heavy atom. The summed E-state index contributed by atoms with van der Waals surface area (Å²) in [6.45, 7) is 9.29. The SMILES string of the molecule is COCCOC(=O)Nc1nc(N2CCCCC2c2cc3nc(N4CCC4)cc(N4CCOCC4)n3n2)c2cc(N3CCOCC3)ccc2n1. The quantitative estimate of drug-likeness (QED) is 0.260. The van der Waals surface area contributed by atoms with Crippen LogP contribution in [0.15, 0.2) is 30.3 Å². The predicted molar refractivity (Wildman–Crippen MR) is 186 cm³/mol. The number of piperidine rings is 1. The Balaban J connectivity index is 1.19. The van der Waals surface area contributed by atoms with Crippen molar-refractivity contribution in [1.29, 1.82) is 0 Å². The van der Waals surface area contributed by atoms with Crippen LogP contribution in [0, 0.1) is 0 Å². The summed E-state index contributed by atoms with van der Waals surface area (Å²) in [6.07, 6.45) is 3.55. The Morgan fingerprint density at radius 2 is 1.65 bits per heavy atom. The molecule has 4 fully saturated rings. The first-order chi connectivity index (χ1) is 24.1. The Bertz CT molecular complexity index is 1790. The van der Waals surface area contributed by atoms with E-state index in [2.05, 4.69) is 49.2 Å². The second-order valence-electron chi connectivity index (χ2n) is 12.9. The molecular weight excluding hydrogens is 628 g/mol. The van der Waals surface area contributed by atoms with Crippen LogP contribution in [-0.4, -0.2) is 123 Å². The first-order valence-electron chi connectivity index (χ1n) is 17.5. The van der Waals surface area contributed by atoms with Crippen molar-refractivity contribution in [3.8, 4) is 0 Å². The largest absolute Gasteiger partial charge is 0.447 e. The minimum Gasteiger partial charge on any atom is -0.447 e. The molecule has 0 spiro atoms. The van der Waals surface area contributed by atoms with Gasteiger partial charge in [0, 0.05) is 76.1 Å². The minimum absolute atomic E-state index is 0.0490. The van der Waals surface area contributed by atoms with Crippen LogP contribution in [0.5, 0.6) is 0 Å². The molecule has 4 aliphatic rings. The van der Waals surface area contributed by atoms with Gasteiger partial charge in [-0.25, -0.2) is 14.8 Å². The zero-order valence-electron chi connectivity index (χ0n) is 28.1. The highest BCUT2D eigenvalue weighted by Crippen LogP contribution is 2.39. The van der Waals surface area contributed by atoms with E-state index in [9.17, 15) is 4.79 Å². The highest BCUT2D eigenvalue weighted by molar-refractivity contribution is 5.94. The number of methoxy groups -OCH3 is 1. The lowest BCUT2D eigenvalue weighted by Gasteiger charge is -2.36. The van der Waals surface area contributed by atoms with Crippen LogP contribution in [0.25, 0.3) is 16.6 Å². The highest BCUT2D eigenvalue weighted by Gasteiger charge is 2.31. The molecule has 1 unspecified atom stereocenters. The van der Waals surface area contributed by atoms with Crippen molar-refractivity contribution in [2.24, 2.45) is 0 Å². The van der Waals surface area contributed by atoms with E-state index in [1.54, 1.807) is 7.11 Å². The lowest BCUT2D eigenvalue weighted by Crippen LogP contribution is -2.40. The molecule has 15 nitrogen and oxygen atoms in total. The van der Waals surface area contributed by atoms with Gasteiger partial charge in [-0.3, -0.25) is 5.32 Å². The van der Waals surface area contributed by atoms with Gasteiger partial charge >= 0.3 is 6.09 Å². The number of carbonyl (C=O) groups excluding carboxylic acids is 1. The molecule has 3 aromatic heterocycles. The third-order valence-electron chi connectivity index (χ3n) is 9.82. The molecule has 4 saturated heterocycles. The minimum atomic E-state index is -0.623.